The van der Waals surface area contributed by atoms with Gasteiger partial charge in [-0.15, -0.1) is 0 Å². The van der Waals surface area contributed by atoms with Crippen molar-refractivity contribution in [1.29, 1.82) is 0 Å². The number of rotatable bonds is 7. The molecule has 13 nitrogen and oxygen atoms in total. The number of ether oxygens (including phenoxy) is 2. The fraction of sp³-hybridized carbons (Fsp3) is 0.400. The van der Waals surface area contributed by atoms with Gasteiger partial charge in [-0.2, -0.15) is 9.97 Å². The van der Waals surface area contributed by atoms with Crippen molar-refractivity contribution >= 4 is 16.9 Å². The third-order valence-corrected chi connectivity index (χ3v) is 5.25. The van der Waals surface area contributed by atoms with Crippen LogP contribution in [-0.4, -0.2) is 66.6 Å². The normalized spacial score (nSPS) is 20.3. The second kappa shape index (κ2) is 9.15. The maximum absolute atomic E-state index is 13.0. The second-order valence-corrected chi connectivity index (χ2v) is 7.46. The minimum atomic E-state index is -0.973. The number of nitro benzene ring substituents is 1. The van der Waals surface area contributed by atoms with E-state index in [1.165, 1.54) is 35.8 Å². The fourth-order valence-electron chi connectivity index (χ4n) is 3.64. The summed E-state index contributed by atoms with van der Waals surface area (Å²) in [7, 11) is 0. The van der Waals surface area contributed by atoms with Crippen LogP contribution >= 0.6 is 0 Å². The number of aromatic nitrogens is 4. The first-order valence-corrected chi connectivity index (χ1v) is 10.2. The highest BCUT2D eigenvalue weighted by molar-refractivity contribution is 5.87. The molecule has 1 saturated heterocycles. The van der Waals surface area contributed by atoms with E-state index in [1.807, 2.05) is 0 Å². The maximum Gasteiger partial charge on any atom is 0.319 e. The summed E-state index contributed by atoms with van der Waals surface area (Å²) in [6, 6.07) is 5.61. The van der Waals surface area contributed by atoms with Crippen LogP contribution in [0.2, 0.25) is 0 Å². The predicted molar refractivity (Wildman–Crippen MR) is 115 cm³/mol. The largest absolute Gasteiger partial charge is 0.462 e. The Morgan fingerprint density at radius 3 is 2.64 bits per heavy atom. The van der Waals surface area contributed by atoms with Gasteiger partial charge < -0.3 is 25.4 Å². The van der Waals surface area contributed by atoms with Crippen LogP contribution in [0.3, 0.4) is 0 Å². The first-order valence-electron chi connectivity index (χ1n) is 10.2. The molecule has 1 aliphatic heterocycles. The third-order valence-electron chi connectivity index (χ3n) is 5.25. The van der Waals surface area contributed by atoms with E-state index in [1.54, 1.807) is 0 Å². The van der Waals surface area contributed by atoms with Gasteiger partial charge in [0.25, 0.3) is 11.2 Å². The van der Waals surface area contributed by atoms with E-state index in [4.69, 9.17) is 15.2 Å². The molecule has 0 unspecified atom stereocenters. The molecule has 4 N–H and O–H groups in total. The van der Waals surface area contributed by atoms with E-state index >= 15 is 0 Å². The van der Waals surface area contributed by atoms with Crippen LogP contribution in [-0.2, 0) is 4.74 Å². The summed E-state index contributed by atoms with van der Waals surface area (Å²) in [6.45, 7) is 1.41. The molecule has 13 heteroatoms. The first-order chi connectivity index (χ1) is 15.8. The molecular weight excluding hydrogens is 436 g/mol. The van der Waals surface area contributed by atoms with Crippen LogP contribution in [0, 0.1) is 17.0 Å². The van der Waals surface area contributed by atoms with Crippen LogP contribution < -0.4 is 16.0 Å². The lowest BCUT2D eigenvalue weighted by molar-refractivity contribution is -0.384. The lowest BCUT2D eigenvalue weighted by Gasteiger charge is -2.18. The van der Waals surface area contributed by atoms with Gasteiger partial charge in [0, 0.05) is 30.7 Å². The van der Waals surface area contributed by atoms with Gasteiger partial charge in [-0.3, -0.25) is 19.5 Å². The number of fused-ring (bicyclic) bond motifs is 1. The summed E-state index contributed by atoms with van der Waals surface area (Å²) in [4.78, 5) is 36.7. The fourth-order valence-corrected chi connectivity index (χ4v) is 3.64. The van der Waals surface area contributed by atoms with Crippen molar-refractivity contribution in [3.8, 4) is 17.3 Å². The zero-order valence-electron chi connectivity index (χ0n) is 17.6. The Bertz CT molecular complexity index is 1250. The molecule has 2 aromatic heterocycles. The molecule has 1 aromatic carbocycles. The number of aliphatic hydroxyl groups excluding tert-OH is 2. The molecule has 33 heavy (non-hydrogen) atoms. The summed E-state index contributed by atoms with van der Waals surface area (Å²) in [6.07, 6.45) is -2.68. The molecule has 1 aliphatic rings. The monoisotopic (exact) mass is 458 g/mol. The molecule has 0 spiro atoms. The number of aliphatic hydroxyl groups is 2. The number of nitro groups is 1. The highest BCUT2D eigenvalue weighted by atomic mass is 16.6. The number of nitrogens with two attached hydrogens (primary N) is 1. The van der Waals surface area contributed by atoms with Gasteiger partial charge in [-0.1, -0.05) is 0 Å². The highest BCUT2D eigenvalue weighted by Gasteiger charge is 2.36. The molecule has 0 bridgehead atoms. The van der Waals surface area contributed by atoms with Gasteiger partial charge >= 0.3 is 6.01 Å². The van der Waals surface area contributed by atoms with E-state index in [-0.39, 0.29) is 53.8 Å². The quantitative estimate of drug-likeness (QED) is 0.320. The summed E-state index contributed by atoms with van der Waals surface area (Å²) in [5.41, 5.74) is 6.18. The summed E-state index contributed by atoms with van der Waals surface area (Å²) < 4.78 is 12.5. The molecule has 0 amide bonds. The molecule has 174 valence electrons. The van der Waals surface area contributed by atoms with Crippen molar-refractivity contribution in [2.24, 2.45) is 5.73 Å². The number of hydrogen-bond donors (Lipinski definition) is 3. The number of benzene rings is 1. The number of nitrogens with zero attached hydrogens (tertiary/aromatic N) is 5. The van der Waals surface area contributed by atoms with E-state index < -0.39 is 35.5 Å². The van der Waals surface area contributed by atoms with Crippen LogP contribution in [0.15, 0.2) is 29.1 Å². The molecule has 4 rings (SSSR count). The zero-order valence-corrected chi connectivity index (χ0v) is 17.6. The number of aryl methyl sites for hydroxylation is 1. The van der Waals surface area contributed by atoms with Crippen LogP contribution in [0.5, 0.6) is 6.01 Å². The van der Waals surface area contributed by atoms with Gasteiger partial charge in [0.15, 0.2) is 5.65 Å². The van der Waals surface area contributed by atoms with Crippen molar-refractivity contribution in [2.45, 2.75) is 31.8 Å². The lowest BCUT2D eigenvalue weighted by atomic mass is 10.1. The number of non-ortho nitro benzene ring substituents is 1. The smallest absolute Gasteiger partial charge is 0.319 e. The molecule has 3 heterocycles. The van der Waals surface area contributed by atoms with Crippen molar-refractivity contribution < 1.29 is 24.6 Å². The first kappa shape index (κ1) is 22.7. The van der Waals surface area contributed by atoms with Gasteiger partial charge in [-0.25, -0.2) is 4.98 Å². The summed E-state index contributed by atoms with van der Waals surface area (Å²) in [5.74, 6) is 0. The lowest BCUT2D eigenvalue weighted by Crippen LogP contribution is -2.29. The van der Waals surface area contributed by atoms with Crippen molar-refractivity contribution in [1.82, 2.24) is 19.5 Å². The maximum atomic E-state index is 13.0. The van der Waals surface area contributed by atoms with Crippen LogP contribution in [0.1, 0.15) is 18.3 Å². The minimum Gasteiger partial charge on any atom is -0.462 e. The molecule has 3 aromatic rings. The topological polar surface area (TPSA) is 189 Å². The molecule has 0 saturated carbocycles. The van der Waals surface area contributed by atoms with E-state index in [2.05, 4.69) is 15.0 Å². The molecule has 1 fully saturated rings. The predicted octanol–water partition coefficient (Wildman–Crippen LogP) is 0.0483. The van der Waals surface area contributed by atoms with Gasteiger partial charge in [0.05, 0.1) is 17.6 Å². The Morgan fingerprint density at radius 1 is 1.30 bits per heavy atom. The summed E-state index contributed by atoms with van der Waals surface area (Å²) >= 11 is 0. The van der Waals surface area contributed by atoms with Crippen molar-refractivity contribution in [2.75, 3.05) is 19.8 Å². The third kappa shape index (κ3) is 4.26. The van der Waals surface area contributed by atoms with Gasteiger partial charge in [0.1, 0.15) is 35.8 Å². The zero-order chi connectivity index (χ0) is 23.7. The van der Waals surface area contributed by atoms with Crippen molar-refractivity contribution in [3.05, 3.63) is 50.4 Å². The average Bonchev–Trinajstić information content (AvgIpc) is 3.18. The minimum absolute atomic E-state index is 0.0551. The second-order valence-electron chi connectivity index (χ2n) is 7.46. The molecular formula is C20H22N6O7. The molecule has 3 atom stereocenters. The molecule has 0 aliphatic carbocycles. The Labute approximate surface area is 186 Å². The van der Waals surface area contributed by atoms with Crippen LogP contribution in [0.4, 0.5) is 5.69 Å². The van der Waals surface area contributed by atoms with E-state index in [0.29, 0.717) is 5.56 Å². The van der Waals surface area contributed by atoms with Crippen molar-refractivity contribution in [3.63, 3.8) is 0 Å². The Balaban J connectivity index is 1.95. The van der Waals surface area contributed by atoms with Gasteiger partial charge in [0.2, 0.25) is 0 Å². The molecule has 0 radical (unpaired) electrons. The summed E-state index contributed by atoms with van der Waals surface area (Å²) in [5, 5.41) is 30.7. The standard InChI is InChI=1S/C20H22N6O7/c1-10-19(29)25(15-8-13(28)14(9-27)33-15)18-17(22-10)16(23-20(24-18)32-7-6-21)11-2-4-12(5-3-11)26(30)31/h2-5,13-15,27-28H,6-9,21H2,1H3/t13-,14+,15+/m0/s1. The Morgan fingerprint density at radius 2 is 2.03 bits per heavy atom. The Kier molecular flexibility index (Phi) is 6.29. The number of hydrogen-bond acceptors (Lipinski definition) is 11. The average molecular weight is 458 g/mol. The van der Waals surface area contributed by atoms with E-state index in [9.17, 15) is 25.1 Å². The SMILES string of the molecule is Cc1nc2c(-c3ccc([N+](=O)[O-])cc3)nc(OCCN)nc2n([C@H]2C[C@H](O)[C@@H](CO)O2)c1=O. The van der Waals surface area contributed by atoms with Gasteiger partial charge in [-0.05, 0) is 19.1 Å². The Hall–Kier alpha value is -3.52. The highest BCUT2D eigenvalue weighted by Crippen LogP contribution is 2.33. The van der Waals surface area contributed by atoms with E-state index in [0.717, 1.165) is 0 Å². The van der Waals surface area contributed by atoms with Crippen LogP contribution in [0.25, 0.3) is 22.4 Å².